The Labute approximate surface area is 151 Å². The summed E-state index contributed by atoms with van der Waals surface area (Å²) in [6, 6.07) is 19.1. The Morgan fingerprint density at radius 1 is 0.962 bits per heavy atom. The zero-order valence-electron chi connectivity index (χ0n) is 14.2. The fourth-order valence-electron chi connectivity index (χ4n) is 3.18. The first-order valence-corrected chi connectivity index (χ1v) is 8.58. The van der Waals surface area contributed by atoms with E-state index in [1.54, 1.807) is 11.0 Å². The van der Waals surface area contributed by atoms with Crippen molar-refractivity contribution in [3.63, 3.8) is 0 Å². The van der Waals surface area contributed by atoms with Gasteiger partial charge in [0.05, 0.1) is 5.52 Å². The second kappa shape index (κ2) is 6.96. The molecule has 0 saturated heterocycles. The number of para-hydroxylation sites is 1. The highest BCUT2D eigenvalue weighted by atomic mass is 16.5. The minimum atomic E-state index is -0.582. The molecule has 0 N–H and O–H groups in total. The van der Waals surface area contributed by atoms with Crippen molar-refractivity contribution in [2.45, 2.75) is 13.0 Å². The largest absolute Gasteiger partial charge is 0.451 e. The quantitative estimate of drug-likeness (QED) is 0.684. The molecule has 1 amide bonds. The van der Waals surface area contributed by atoms with Crippen LogP contribution in [0.25, 0.3) is 10.9 Å². The molecule has 1 aliphatic heterocycles. The first-order chi connectivity index (χ1) is 12.7. The van der Waals surface area contributed by atoms with E-state index in [0.29, 0.717) is 13.1 Å². The van der Waals surface area contributed by atoms with Crippen LogP contribution in [0.1, 0.15) is 21.6 Å². The number of fused-ring (bicyclic) bond motifs is 2. The lowest BCUT2D eigenvalue weighted by Gasteiger charge is -2.28. The fraction of sp³-hybridized carbons (Fsp3) is 0.190. The van der Waals surface area contributed by atoms with Crippen molar-refractivity contribution >= 4 is 22.8 Å². The van der Waals surface area contributed by atoms with Crippen LogP contribution in [0.2, 0.25) is 0 Å². The topological polar surface area (TPSA) is 59.5 Å². The molecular weight excluding hydrogens is 328 g/mol. The van der Waals surface area contributed by atoms with E-state index in [-0.39, 0.29) is 18.2 Å². The summed E-state index contributed by atoms with van der Waals surface area (Å²) in [4.78, 5) is 30.6. The molecule has 0 spiro atoms. The van der Waals surface area contributed by atoms with Crippen LogP contribution in [-0.4, -0.2) is 34.9 Å². The lowest BCUT2D eigenvalue weighted by molar-refractivity contribution is -0.135. The molecule has 0 radical (unpaired) electrons. The number of aromatic nitrogens is 1. The van der Waals surface area contributed by atoms with Crippen molar-refractivity contribution in [2.75, 3.05) is 13.2 Å². The van der Waals surface area contributed by atoms with E-state index < -0.39 is 5.97 Å². The van der Waals surface area contributed by atoms with Gasteiger partial charge in [0.2, 0.25) is 0 Å². The maximum Gasteiger partial charge on any atom is 0.357 e. The second-order valence-corrected chi connectivity index (χ2v) is 6.30. The van der Waals surface area contributed by atoms with Crippen LogP contribution in [-0.2, 0) is 22.5 Å². The van der Waals surface area contributed by atoms with E-state index >= 15 is 0 Å². The molecule has 26 heavy (non-hydrogen) atoms. The maximum atomic E-state index is 12.4. The monoisotopic (exact) mass is 346 g/mol. The number of amides is 1. The molecule has 0 fully saturated rings. The molecule has 0 atom stereocenters. The number of hydrogen-bond acceptors (Lipinski definition) is 4. The molecule has 3 aromatic rings. The standard InChI is InChI=1S/C21H18N2O3/c24-20(23-12-11-15-5-1-2-7-17(15)13-23)14-26-21(25)19-10-9-16-6-3-4-8-18(16)22-19/h1-10H,11-14H2. The Morgan fingerprint density at radius 2 is 1.73 bits per heavy atom. The summed E-state index contributed by atoms with van der Waals surface area (Å²) in [5.41, 5.74) is 3.35. The van der Waals surface area contributed by atoms with Gasteiger partial charge in [0.15, 0.2) is 6.61 Å². The number of carbonyl (C=O) groups is 2. The fourth-order valence-corrected chi connectivity index (χ4v) is 3.18. The van der Waals surface area contributed by atoms with Gasteiger partial charge in [-0.3, -0.25) is 4.79 Å². The van der Waals surface area contributed by atoms with Crippen LogP contribution in [0, 0.1) is 0 Å². The number of hydrogen-bond donors (Lipinski definition) is 0. The molecule has 2 aromatic carbocycles. The van der Waals surface area contributed by atoms with Gasteiger partial charge in [-0.25, -0.2) is 9.78 Å². The zero-order chi connectivity index (χ0) is 17.9. The van der Waals surface area contributed by atoms with E-state index in [0.717, 1.165) is 22.9 Å². The Balaban J connectivity index is 1.38. The van der Waals surface area contributed by atoms with Gasteiger partial charge in [-0.2, -0.15) is 0 Å². The van der Waals surface area contributed by atoms with E-state index in [2.05, 4.69) is 11.1 Å². The Kier molecular flexibility index (Phi) is 4.35. The van der Waals surface area contributed by atoms with Crippen LogP contribution in [0.5, 0.6) is 0 Å². The number of carbonyl (C=O) groups excluding carboxylic acids is 2. The summed E-state index contributed by atoms with van der Waals surface area (Å²) >= 11 is 0. The van der Waals surface area contributed by atoms with Crippen molar-refractivity contribution in [2.24, 2.45) is 0 Å². The third-order valence-electron chi connectivity index (χ3n) is 4.62. The van der Waals surface area contributed by atoms with Gasteiger partial charge >= 0.3 is 5.97 Å². The molecule has 5 heteroatoms. The van der Waals surface area contributed by atoms with Crippen LogP contribution in [0.4, 0.5) is 0 Å². The molecule has 4 rings (SSSR count). The highest BCUT2D eigenvalue weighted by Crippen LogP contribution is 2.18. The predicted molar refractivity (Wildman–Crippen MR) is 97.6 cm³/mol. The minimum absolute atomic E-state index is 0.186. The number of nitrogens with zero attached hydrogens (tertiary/aromatic N) is 2. The Morgan fingerprint density at radius 3 is 2.62 bits per heavy atom. The third-order valence-corrected chi connectivity index (χ3v) is 4.62. The number of ether oxygens (including phenoxy) is 1. The molecule has 1 aromatic heterocycles. The smallest absolute Gasteiger partial charge is 0.357 e. The van der Waals surface area contributed by atoms with Crippen molar-refractivity contribution in [1.82, 2.24) is 9.88 Å². The SMILES string of the molecule is O=C(OCC(=O)N1CCc2ccccc2C1)c1ccc2ccccc2n1. The van der Waals surface area contributed by atoms with E-state index in [9.17, 15) is 9.59 Å². The summed E-state index contributed by atoms with van der Waals surface area (Å²) < 4.78 is 5.19. The summed E-state index contributed by atoms with van der Waals surface area (Å²) in [5, 5.41) is 0.951. The second-order valence-electron chi connectivity index (χ2n) is 6.30. The normalized spacial score (nSPS) is 13.3. The zero-order valence-corrected chi connectivity index (χ0v) is 14.2. The molecule has 2 heterocycles. The van der Waals surface area contributed by atoms with Crippen molar-refractivity contribution < 1.29 is 14.3 Å². The summed E-state index contributed by atoms with van der Waals surface area (Å²) in [6.07, 6.45) is 0.822. The minimum Gasteiger partial charge on any atom is -0.451 e. The predicted octanol–water partition coefficient (Wildman–Crippen LogP) is 2.98. The number of rotatable bonds is 3. The van der Waals surface area contributed by atoms with Gasteiger partial charge in [-0.15, -0.1) is 0 Å². The van der Waals surface area contributed by atoms with Crippen molar-refractivity contribution in [1.29, 1.82) is 0 Å². The van der Waals surface area contributed by atoms with Gasteiger partial charge < -0.3 is 9.64 Å². The van der Waals surface area contributed by atoms with E-state index in [1.165, 1.54) is 5.56 Å². The average Bonchev–Trinajstić information content (AvgIpc) is 2.71. The highest BCUT2D eigenvalue weighted by Gasteiger charge is 2.21. The molecular formula is C21H18N2O3. The Hall–Kier alpha value is -3.21. The number of benzene rings is 2. The number of esters is 1. The highest BCUT2D eigenvalue weighted by molar-refractivity contribution is 5.92. The molecule has 130 valence electrons. The molecule has 5 nitrogen and oxygen atoms in total. The van der Waals surface area contributed by atoms with Crippen molar-refractivity contribution in [3.8, 4) is 0 Å². The van der Waals surface area contributed by atoms with Crippen LogP contribution in [0.3, 0.4) is 0 Å². The van der Waals surface area contributed by atoms with Crippen LogP contribution < -0.4 is 0 Å². The van der Waals surface area contributed by atoms with Crippen LogP contribution in [0.15, 0.2) is 60.7 Å². The van der Waals surface area contributed by atoms with Gasteiger partial charge in [0.25, 0.3) is 5.91 Å². The van der Waals surface area contributed by atoms with Crippen LogP contribution >= 0.6 is 0 Å². The maximum absolute atomic E-state index is 12.4. The first kappa shape index (κ1) is 16.3. The van der Waals surface area contributed by atoms with Gasteiger partial charge in [0.1, 0.15) is 5.69 Å². The Bertz CT molecular complexity index is 984. The van der Waals surface area contributed by atoms with Gasteiger partial charge in [0, 0.05) is 18.5 Å². The lowest BCUT2D eigenvalue weighted by atomic mass is 10.00. The first-order valence-electron chi connectivity index (χ1n) is 8.58. The van der Waals surface area contributed by atoms with E-state index in [4.69, 9.17) is 4.74 Å². The summed E-state index contributed by atoms with van der Waals surface area (Å²) in [6.45, 7) is 0.928. The lowest BCUT2D eigenvalue weighted by Crippen LogP contribution is -2.38. The molecule has 0 aliphatic carbocycles. The molecule has 0 bridgehead atoms. The van der Waals surface area contributed by atoms with Gasteiger partial charge in [-0.1, -0.05) is 48.5 Å². The van der Waals surface area contributed by atoms with Crippen molar-refractivity contribution in [3.05, 3.63) is 77.5 Å². The molecule has 0 saturated carbocycles. The third kappa shape index (κ3) is 3.28. The van der Waals surface area contributed by atoms with E-state index in [1.807, 2.05) is 48.5 Å². The van der Waals surface area contributed by atoms with Gasteiger partial charge in [-0.05, 0) is 29.7 Å². The average molecular weight is 346 g/mol. The molecule has 0 unspecified atom stereocenters. The number of pyridine rings is 1. The summed E-state index contributed by atoms with van der Waals surface area (Å²) in [7, 11) is 0. The summed E-state index contributed by atoms with van der Waals surface area (Å²) in [5.74, 6) is -0.768. The molecule has 1 aliphatic rings.